The molecule has 0 spiro atoms. The Kier molecular flexibility index (Phi) is 10.8. The summed E-state index contributed by atoms with van der Waals surface area (Å²) in [4.78, 5) is 0. The molecule has 0 aromatic heterocycles. The molecule has 0 amide bonds. The van der Waals surface area contributed by atoms with Crippen LogP contribution < -0.4 is 0 Å². The lowest BCUT2D eigenvalue weighted by molar-refractivity contribution is -0.198. The summed E-state index contributed by atoms with van der Waals surface area (Å²) in [7, 11) is 0. The minimum Gasteiger partial charge on any atom is -0.348 e. The summed E-state index contributed by atoms with van der Waals surface area (Å²) in [6.45, 7) is 5.10. The van der Waals surface area contributed by atoms with E-state index in [-0.39, 0.29) is 11.5 Å². The lowest BCUT2D eigenvalue weighted by Crippen LogP contribution is -2.26. The number of ether oxygens (including phenoxy) is 2. The first-order valence-electron chi connectivity index (χ1n) is 14.2. The van der Waals surface area contributed by atoms with Crippen LogP contribution in [-0.2, 0) is 15.9 Å². The van der Waals surface area contributed by atoms with Gasteiger partial charge in [-0.1, -0.05) is 106 Å². The SMILES string of the molecule is C/C=C/C1COC(c2ccc(-c3ccc(-c4ccc(CCCCCCCCC)c(F)c4F)cc3)cc2F)OC1. The van der Waals surface area contributed by atoms with E-state index in [0.717, 1.165) is 24.8 Å². The molecule has 0 N–H and O–H groups in total. The van der Waals surface area contributed by atoms with Crippen molar-refractivity contribution in [2.75, 3.05) is 13.2 Å². The molecule has 1 aliphatic heterocycles. The highest BCUT2D eigenvalue weighted by Crippen LogP contribution is 2.32. The first kappa shape index (κ1) is 29.1. The standard InChI is InChI=1S/C34H39F3O2/c1-3-5-6-7-8-9-10-12-27-17-19-29(33(37)32(27)36)26-15-13-25(14-16-26)28-18-20-30(31(35)21-28)34-38-22-24(11-4-2)23-39-34/h4,11,13-21,24,34H,3,5-10,12,22-23H2,1-2H3/b11-4+. The van der Waals surface area contributed by atoms with Crippen molar-refractivity contribution in [1.29, 1.82) is 0 Å². The van der Waals surface area contributed by atoms with Gasteiger partial charge in [-0.25, -0.2) is 13.2 Å². The Balaban J connectivity index is 1.38. The predicted molar refractivity (Wildman–Crippen MR) is 152 cm³/mol. The van der Waals surface area contributed by atoms with Gasteiger partial charge in [0, 0.05) is 17.0 Å². The second kappa shape index (κ2) is 14.5. The minimum atomic E-state index is -0.817. The van der Waals surface area contributed by atoms with E-state index in [9.17, 15) is 13.2 Å². The Bertz CT molecular complexity index is 1230. The molecule has 208 valence electrons. The van der Waals surface area contributed by atoms with Gasteiger partial charge in [0.05, 0.1) is 13.2 Å². The van der Waals surface area contributed by atoms with Crippen LogP contribution in [0.2, 0.25) is 0 Å². The highest BCUT2D eigenvalue weighted by Gasteiger charge is 2.24. The van der Waals surface area contributed by atoms with Gasteiger partial charge in [-0.2, -0.15) is 0 Å². The Morgan fingerprint density at radius 2 is 1.38 bits per heavy atom. The largest absolute Gasteiger partial charge is 0.348 e. The number of hydrogen-bond donors (Lipinski definition) is 0. The molecule has 5 heteroatoms. The van der Waals surface area contributed by atoms with Gasteiger partial charge in [0.1, 0.15) is 5.82 Å². The third-order valence-corrected chi connectivity index (χ3v) is 7.38. The molecule has 0 aliphatic carbocycles. The first-order chi connectivity index (χ1) is 19.0. The number of halogens is 3. The highest BCUT2D eigenvalue weighted by atomic mass is 19.2. The topological polar surface area (TPSA) is 18.5 Å². The summed E-state index contributed by atoms with van der Waals surface area (Å²) in [6.07, 6.45) is 11.8. The van der Waals surface area contributed by atoms with Crippen LogP contribution in [0.5, 0.6) is 0 Å². The Morgan fingerprint density at radius 3 is 2.05 bits per heavy atom. The van der Waals surface area contributed by atoms with Crippen molar-refractivity contribution in [3.8, 4) is 22.3 Å². The fourth-order valence-electron chi connectivity index (χ4n) is 5.10. The maximum Gasteiger partial charge on any atom is 0.186 e. The number of hydrogen-bond acceptors (Lipinski definition) is 2. The Morgan fingerprint density at radius 1 is 0.744 bits per heavy atom. The van der Waals surface area contributed by atoms with Crippen LogP contribution in [0.1, 0.15) is 76.2 Å². The molecule has 0 radical (unpaired) electrons. The maximum absolute atomic E-state index is 15.0. The number of unbranched alkanes of at least 4 members (excludes halogenated alkanes) is 6. The van der Waals surface area contributed by atoms with Crippen molar-refractivity contribution in [1.82, 2.24) is 0 Å². The van der Waals surface area contributed by atoms with Crippen molar-refractivity contribution in [3.63, 3.8) is 0 Å². The molecule has 2 nitrogen and oxygen atoms in total. The van der Waals surface area contributed by atoms with Gasteiger partial charge in [-0.05, 0) is 48.1 Å². The first-order valence-corrected chi connectivity index (χ1v) is 14.2. The van der Waals surface area contributed by atoms with Gasteiger partial charge >= 0.3 is 0 Å². The molecule has 4 rings (SSSR count). The number of rotatable bonds is 12. The average Bonchev–Trinajstić information content (AvgIpc) is 2.95. The van der Waals surface area contributed by atoms with E-state index in [0.29, 0.717) is 41.9 Å². The van der Waals surface area contributed by atoms with Crippen molar-refractivity contribution in [3.05, 3.63) is 95.3 Å². The molecule has 0 saturated carbocycles. The van der Waals surface area contributed by atoms with Crippen molar-refractivity contribution >= 4 is 0 Å². The van der Waals surface area contributed by atoms with Crippen molar-refractivity contribution in [2.45, 2.75) is 71.5 Å². The van der Waals surface area contributed by atoms with Gasteiger partial charge in [0.2, 0.25) is 0 Å². The summed E-state index contributed by atoms with van der Waals surface area (Å²) in [6, 6.07) is 15.4. The van der Waals surface area contributed by atoms with E-state index >= 15 is 0 Å². The fraction of sp³-hybridized carbons (Fsp3) is 0.412. The molecule has 0 bridgehead atoms. The summed E-state index contributed by atoms with van der Waals surface area (Å²) in [5.74, 6) is -1.81. The zero-order valence-corrected chi connectivity index (χ0v) is 23.0. The van der Waals surface area contributed by atoms with E-state index in [1.807, 2.05) is 25.1 Å². The van der Waals surface area contributed by atoms with Crippen LogP contribution >= 0.6 is 0 Å². The van der Waals surface area contributed by atoms with Crippen LogP contribution in [0, 0.1) is 23.4 Å². The normalized spacial score (nSPS) is 17.7. The Labute approximate surface area is 230 Å². The van der Waals surface area contributed by atoms with E-state index in [1.54, 1.807) is 42.5 Å². The van der Waals surface area contributed by atoms with Crippen molar-refractivity contribution in [2.24, 2.45) is 5.92 Å². The summed E-state index contributed by atoms with van der Waals surface area (Å²) in [5, 5.41) is 0. The number of aryl methyl sites for hydroxylation is 1. The highest BCUT2D eigenvalue weighted by molar-refractivity contribution is 5.71. The van der Waals surface area contributed by atoms with Gasteiger partial charge in [0.15, 0.2) is 17.9 Å². The quantitative estimate of drug-likeness (QED) is 0.169. The van der Waals surface area contributed by atoms with Gasteiger partial charge in [-0.3, -0.25) is 0 Å². The van der Waals surface area contributed by atoms with E-state index in [4.69, 9.17) is 9.47 Å². The van der Waals surface area contributed by atoms with Crippen LogP contribution in [-0.4, -0.2) is 13.2 Å². The third-order valence-electron chi connectivity index (χ3n) is 7.38. The molecule has 1 saturated heterocycles. The summed E-state index contributed by atoms with van der Waals surface area (Å²) >= 11 is 0. The maximum atomic E-state index is 15.0. The smallest absolute Gasteiger partial charge is 0.186 e. The molecule has 1 aliphatic rings. The number of benzene rings is 3. The van der Waals surface area contributed by atoms with Gasteiger partial charge in [0.25, 0.3) is 0 Å². The van der Waals surface area contributed by atoms with E-state index < -0.39 is 23.7 Å². The molecule has 3 aromatic rings. The molecule has 3 aromatic carbocycles. The molecule has 0 atom stereocenters. The molecule has 1 heterocycles. The number of allylic oxidation sites excluding steroid dienone is 1. The second-order valence-corrected chi connectivity index (χ2v) is 10.4. The monoisotopic (exact) mass is 536 g/mol. The Hall–Kier alpha value is -2.89. The lowest BCUT2D eigenvalue weighted by atomic mass is 9.97. The molecular formula is C34H39F3O2. The van der Waals surface area contributed by atoms with Crippen LogP contribution in [0.25, 0.3) is 22.3 Å². The molecular weight excluding hydrogens is 497 g/mol. The third kappa shape index (κ3) is 7.61. The summed E-state index contributed by atoms with van der Waals surface area (Å²) < 4.78 is 56.2. The summed E-state index contributed by atoms with van der Waals surface area (Å²) in [5.41, 5.74) is 3.06. The van der Waals surface area contributed by atoms with Crippen LogP contribution in [0.3, 0.4) is 0 Å². The van der Waals surface area contributed by atoms with E-state index in [1.165, 1.54) is 31.7 Å². The van der Waals surface area contributed by atoms with Crippen LogP contribution in [0.15, 0.2) is 66.7 Å². The molecule has 0 unspecified atom stereocenters. The van der Waals surface area contributed by atoms with Gasteiger partial charge < -0.3 is 9.47 Å². The average molecular weight is 537 g/mol. The van der Waals surface area contributed by atoms with Gasteiger partial charge in [-0.15, -0.1) is 0 Å². The molecule has 1 fully saturated rings. The van der Waals surface area contributed by atoms with Crippen molar-refractivity contribution < 1.29 is 22.6 Å². The zero-order valence-electron chi connectivity index (χ0n) is 23.0. The van der Waals surface area contributed by atoms with E-state index in [2.05, 4.69) is 6.92 Å². The lowest BCUT2D eigenvalue weighted by Gasteiger charge is -2.28. The zero-order chi connectivity index (χ0) is 27.6. The predicted octanol–water partition coefficient (Wildman–Crippen LogP) is 9.97. The minimum absolute atomic E-state index is 0.173. The van der Waals surface area contributed by atoms with Crippen LogP contribution in [0.4, 0.5) is 13.2 Å². The fourth-order valence-corrected chi connectivity index (χ4v) is 5.10. The second-order valence-electron chi connectivity index (χ2n) is 10.4. The molecule has 39 heavy (non-hydrogen) atoms.